The maximum Gasteiger partial charge on any atom is 0.207 e. The molecule has 2 aromatic rings. The Morgan fingerprint density at radius 2 is 1.96 bits per heavy atom. The zero-order chi connectivity index (χ0) is 17.3. The van der Waals surface area contributed by atoms with E-state index < -0.39 is 5.79 Å². The van der Waals surface area contributed by atoms with Crippen molar-refractivity contribution in [2.24, 2.45) is 0 Å². The van der Waals surface area contributed by atoms with Gasteiger partial charge in [-0.25, -0.2) is 4.98 Å². The number of ether oxygens (including phenoxy) is 1. The van der Waals surface area contributed by atoms with E-state index in [0.29, 0.717) is 13.2 Å². The van der Waals surface area contributed by atoms with Gasteiger partial charge in [-0.05, 0) is 57.5 Å². The summed E-state index contributed by atoms with van der Waals surface area (Å²) in [6, 6.07) is 6.19. The number of morpholine rings is 1. The molecular weight excluding hydrogens is 302 g/mol. The number of aryl methyl sites for hydroxylation is 3. The van der Waals surface area contributed by atoms with Crippen LogP contribution in [0.3, 0.4) is 0 Å². The third-order valence-electron chi connectivity index (χ3n) is 4.74. The SMILES string of the molecule is CCCN1CCOC(O)(c2cnc(-n3c(C)ccc3C)cc2C)C1. The number of hydrogen-bond acceptors (Lipinski definition) is 4. The monoisotopic (exact) mass is 329 g/mol. The van der Waals surface area contributed by atoms with Crippen LogP contribution in [0, 0.1) is 20.8 Å². The van der Waals surface area contributed by atoms with Gasteiger partial charge in [0, 0.05) is 29.7 Å². The summed E-state index contributed by atoms with van der Waals surface area (Å²) in [5.41, 5.74) is 4.05. The quantitative estimate of drug-likeness (QED) is 0.937. The Hall–Kier alpha value is -1.69. The molecule has 3 rings (SSSR count). The van der Waals surface area contributed by atoms with E-state index in [0.717, 1.165) is 47.8 Å². The molecule has 0 aromatic carbocycles. The van der Waals surface area contributed by atoms with Gasteiger partial charge in [0.25, 0.3) is 0 Å². The van der Waals surface area contributed by atoms with Gasteiger partial charge < -0.3 is 14.4 Å². The van der Waals surface area contributed by atoms with Crippen molar-refractivity contribution >= 4 is 0 Å². The number of aliphatic hydroxyl groups is 1. The van der Waals surface area contributed by atoms with Gasteiger partial charge in [0.05, 0.1) is 13.2 Å². The van der Waals surface area contributed by atoms with Crippen molar-refractivity contribution in [2.45, 2.75) is 39.9 Å². The van der Waals surface area contributed by atoms with Crippen LogP contribution in [0.25, 0.3) is 5.82 Å². The lowest BCUT2D eigenvalue weighted by Crippen LogP contribution is -2.50. The van der Waals surface area contributed by atoms with Crippen molar-refractivity contribution in [1.29, 1.82) is 0 Å². The summed E-state index contributed by atoms with van der Waals surface area (Å²) < 4.78 is 7.87. The average Bonchev–Trinajstić information content (AvgIpc) is 2.86. The first-order valence-corrected chi connectivity index (χ1v) is 8.66. The lowest BCUT2D eigenvalue weighted by atomic mass is 10.0. The molecule has 0 radical (unpaired) electrons. The highest BCUT2D eigenvalue weighted by Gasteiger charge is 2.37. The number of rotatable bonds is 4. The molecule has 5 nitrogen and oxygen atoms in total. The zero-order valence-electron chi connectivity index (χ0n) is 15.0. The standard InChI is InChI=1S/C19H27N3O2/c1-5-8-21-9-10-24-19(23,13-21)17-12-20-18(11-14(17)2)22-15(3)6-7-16(22)4/h6-7,11-12,23H,5,8-10,13H2,1-4H3. The van der Waals surface area contributed by atoms with E-state index >= 15 is 0 Å². The summed E-state index contributed by atoms with van der Waals surface area (Å²) in [7, 11) is 0. The summed E-state index contributed by atoms with van der Waals surface area (Å²) in [4.78, 5) is 6.85. The molecule has 1 atom stereocenters. The minimum Gasteiger partial charge on any atom is -0.361 e. The van der Waals surface area contributed by atoms with E-state index in [-0.39, 0.29) is 0 Å². The highest BCUT2D eigenvalue weighted by molar-refractivity contribution is 5.38. The largest absolute Gasteiger partial charge is 0.361 e. The molecule has 1 unspecified atom stereocenters. The first-order chi connectivity index (χ1) is 11.4. The molecule has 0 aliphatic carbocycles. The minimum absolute atomic E-state index is 0.490. The third kappa shape index (κ3) is 3.11. The van der Waals surface area contributed by atoms with Gasteiger partial charge in [0.2, 0.25) is 5.79 Å². The van der Waals surface area contributed by atoms with Crippen LogP contribution in [0.1, 0.15) is 35.9 Å². The highest BCUT2D eigenvalue weighted by atomic mass is 16.6. The van der Waals surface area contributed by atoms with Gasteiger partial charge in [-0.15, -0.1) is 0 Å². The van der Waals surface area contributed by atoms with E-state index in [1.54, 1.807) is 6.20 Å². The third-order valence-corrected chi connectivity index (χ3v) is 4.74. The number of hydrogen-bond donors (Lipinski definition) is 1. The minimum atomic E-state index is -1.27. The molecule has 0 amide bonds. The molecule has 0 bridgehead atoms. The Balaban J connectivity index is 1.92. The topological polar surface area (TPSA) is 50.5 Å². The maximum atomic E-state index is 11.0. The van der Waals surface area contributed by atoms with Crippen LogP contribution >= 0.6 is 0 Å². The van der Waals surface area contributed by atoms with Gasteiger partial charge >= 0.3 is 0 Å². The van der Waals surface area contributed by atoms with Gasteiger partial charge in [-0.3, -0.25) is 4.90 Å². The summed E-state index contributed by atoms with van der Waals surface area (Å²) >= 11 is 0. The van der Waals surface area contributed by atoms with Crippen LogP contribution in [0.2, 0.25) is 0 Å². The molecule has 24 heavy (non-hydrogen) atoms. The predicted octanol–water partition coefficient (Wildman–Crippen LogP) is 2.68. The Bertz CT molecular complexity index is 704. The normalized spacial score (nSPS) is 22.0. The Morgan fingerprint density at radius 3 is 2.58 bits per heavy atom. The van der Waals surface area contributed by atoms with Crippen LogP contribution in [0.15, 0.2) is 24.4 Å². The second-order valence-corrected chi connectivity index (χ2v) is 6.72. The van der Waals surface area contributed by atoms with Gasteiger partial charge in [-0.2, -0.15) is 0 Å². The molecule has 1 aliphatic rings. The number of nitrogens with zero attached hydrogens (tertiary/aromatic N) is 3. The first kappa shape index (κ1) is 17.1. The van der Waals surface area contributed by atoms with E-state index in [2.05, 4.69) is 47.4 Å². The highest BCUT2D eigenvalue weighted by Crippen LogP contribution is 2.30. The molecule has 1 saturated heterocycles. The van der Waals surface area contributed by atoms with Gasteiger partial charge in [0.1, 0.15) is 5.82 Å². The molecule has 5 heteroatoms. The fourth-order valence-electron chi connectivity index (χ4n) is 3.54. The molecular formula is C19H27N3O2. The van der Waals surface area contributed by atoms with Crippen molar-refractivity contribution in [1.82, 2.24) is 14.5 Å². The first-order valence-electron chi connectivity index (χ1n) is 8.66. The van der Waals surface area contributed by atoms with Gasteiger partial charge in [-0.1, -0.05) is 6.92 Å². The summed E-state index contributed by atoms with van der Waals surface area (Å²) in [5.74, 6) is -0.398. The van der Waals surface area contributed by atoms with Crippen LogP contribution in [-0.4, -0.2) is 45.8 Å². The average molecular weight is 329 g/mol. The van der Waals surface area contributed by atoms with Crippen molar-refractivity contribution < 1.29 is 9.84 Å². The molecule has 1 fully saturated rings. The Labute approximate surface area is 143 Å². The summed E-state index contributed by atoms with van der Waals surface area (Å²) in [6.45, 7) is 11.2. The van der Waals surface area contributed by atoms with E-state index in [1.807, 2.05) is 13.0 Å². The van der Waals surface area contributed by atoms with Crippen molar-refractivity contribution in [3.8, 4) is 5.82 Å². The summed E-state index contributed by atoms with van der Waals surface area (Å²) in [5, 5.41) is 11.0. The van der Waals surface area contributed by atoms with Crippen LogP contribution < -0.4 is 0 Å². The lowest BCUT2D eigenvalue weighted by molar-refractivity contribution is -0.248. The molecule has 0 saturated carbocycles. The molecule has 0 spiro atoms. The number of aromatic nitrogens is 2. The Kier molecular flexibility index (Phi) is 4.76. The lowest BCUT2D eigenvalue weighted by Gasteiger charge is -2.39. The van der Waals surface area contributed by atoms with Crippen LogP contribution in [0.5, 0.6) is 0 Å². The van der Waals surface area contributed by atoms with E-state index in [1.165, 1.54) is 0 Å². The molecule has 130 valence electrons. The fraction of sp³-hybridized carbons (Fsp3) is 0.526. The second kappa shape index (κ2) is 6.67. The molecule has 1 aliphatic heterocycles. The predicted molar refractivity (Wildman–Crippen MR) is 94.4 cm³/mol. The van der Waals surface area contributed by atoms with Crippen LogP contribution in [0.4, 0.5) is 0 Å². The smallest absolute Gasteiger partial charge is 0.207 e. The van der Waals surface area contributed by atoms with Crippen LogP contribution in [-0.2, 0) is 10.5 Å². The molecule has 3 heterocycles. The number of pyridine rings is 1. The Morgan fingerprint density at radius 1 is 1.25 bits per heavy atom. The van der Waals surface area contributed by atoms with Crippen molar-refractivity contribution in [2.75, 3.05) is 26.2 Å². The zero-order valence-corrected chi connectivity index (χ0v) is 15.0. The van der Waals surface area contributed by atoms with Crippen molar-refractivity contribution in [3.63, 3.8) is 0 Å². The maximum absolute atomic E-state index is 11.0. The fourth-order valence-corrected chi connectivity index (χ4v) is 3.54. The van der Waals surface area contributed by atoms with Gasteiger partial charge in [0.15, 0.2) is 0 Å². The molecule has 1 N–H and O–H groups in total. The van der Waals surface area contributed by atoms with E-state index in [4.69, 9.17) is 4.74 Å². The van der Waals surface area contributed by atoms with Crippen molar-refractivity contribution in [3.05, 3.63) is 46.9 Å². The van der Waals surface area contributed by atoms with E-state index in [9.17, 15) is 5.11 Å². The second-order valence-electron chi connectivity index (χ2n) is 6.72. The molecule has 2 aromatic heterocycles. The number of β-amino-alcohol motifs (C(OH)–C–C–N with tert-alkyl or cyclic N) is 1. The summed E-state index contributed by atoms with van der Waals surface area (Å²) in [6.07, 6.45) is 2.83.